The fourth-order valence-electron chi connectivity index (χ4n) is 5.90. The van der Waals surface area contributed by atoms with Gasteiger partial charge in [-0.1, -0.05) is 41.9 Å². The lowest BCUT2D eigenvalue weighted by Crippen LogP contribution is -2.47. The van der Waals surface area contributed by atoms with Gasteiger partial charge in [0.25, 0.3) is 5.91 Å². The highest BCUT2D eigenvalue weighted by atomic mass is 35.5. The van der Waals surface area contributed by atoms with Crippen molar-refractivity contribution >= 4 is 29.1 Å². The number of pyridine rings is 1. The summed E-state index contributed by atoms with van der Waals surface area (Å²) in [6.45, 7) is 7.00. The molecule has 9 nitrogen and oxygen atoms in total. The summed E-state index contributed by atoms with van der Waals surface area (Å²) in [5, 5.41) is 13.8. The van der Waals surface area contributed by atoms with Gasteiger partial charge >= 0.3 is 0 Å². The normalized spacial score (nSPS) is 16.7. The smallest absolute Gasteiger partial charge is 0.251 e. The molecule has 1 unspecified atom stereocenters. The second kappa shape index (κ2) is 13.8. The van der Waals surface area contributed by atoms with E-state index in [1.165, 1.54) is 0 Å². The highest BCUT2D eigenvalue weighted by Gasteiger charge is 2.29. The van der Waals surface area contributed by atoms with Gasteiger partial charge in [-0.3, -0.25) is 14.5 Å². The quantitative estimate of drug-likeness (QED) is 0.201. The summed E-state index contributed by atoms with van der Waals surface area (Å²) in [4.78, 5) is 32.2. The first-order chi connectivity index (χ1) is 21.1. The maximum atomic E-state index is 13.4. The number of fused-ring (bicyclic) bond motifs is 1. The number of hydrogen-bond acceptors (Lipinski definition) is 6. The molecule has 1 aliphatic heterocycles. The van der Waals surface area contributed by atoms with E-state index in [1.807, 2.05) is 67.0 Å². The number of benzene rings is 2. The lowest BCUT2D eigenvalue weighted by atomic mass is 10.0. The molecule has 3 atom stereocenters. The molecule has 0 spiro atoms. The maximum absolute atomic E-state index is 13.4. The van der Waals surface area contributed by atoms with E-state index in [-0.39, 0.29) is 30.0 Å². The second-order valence-electron chi connectivity index (χ2n) is 11.8. The molecule has 0 aliphatic carbocycles. The molecule has 0 bridgehead atoms. The average Bonchev–Trinajstić information content (AvgIpc) is 3.60. The minimum absolute atomic E-state index is 0.0360. The van der Waals surface area contributed by atoms with Crippen LogP contribution in [0.15, 0.2) is 67.0 Å². The third kappa shape index (κ3) is 7.59. The Balaban J connectivity index is 1.35. The number of nitrogens with one attached hydrogen (secondary N) is 1. The van der Waals surface area contributed by atoms with Crippen LogP contribution in [0.1, 0.15) is 67.6 Å². The summed E-state index contributed by atoms with van der Waals surface area (Å²) < 4.78 is 7.64. The topological polar surface area (TPSA) is 122 Å². The van der Waals surface area contributed by atoms with Crippen LogP contribution in [0.25, 0.3) is 16.9 Å². The van der Waals surface area contributed by atoms with Gasteiger partial charge < -0.3 is 25.3 Å². The zero-order valence-electron chi connectivity index (χ0n) is 25.4. The van der Waals surface area contributed by atoms with Gasteiger partial charge in [0, 0.05) is 54.1 Å². The average molecular weight is 618 g/mol. The molecule has 5 rings (SSSR count). The van der Waals surface area contributed by atoms with Crippen LogP contribution < -0.4 is 15.8 Å². The van der Waals surface area contributed by atoms with Crippen molar-refractivity contribution in [1.82, 2.24) is 19.6 Å². The van der Waals surface area contributed by atoms with E-state index in [0.717, 1.165) is 47.4 Å². The van der Waals surface area contributed by atoms with Crippen LogP contribution >= 0.6 is 11.6 Å². The second-order valence-corrected chi connectivity index (χ2v) is 12.2. The summed E-state index contributed by atoms with van der Waals surface area (Å²) in [5.41, 5.74) is 10.3. The van der Waals surface area contributed by atoms with Crippen molar-refractivity contribution in [2.45, 2.75) is 70.7 Å². The van der Waals surface area contributed by atoms with Crippen LogP contribution in [-0.2, 0) is 11.2 Å². The summed E-state index contributed by atoms with van der Waals surface area (Å²) in [7, 11) is 0. The lowest BCUT2D eigenvalue weighted by molar-refractivity contribution is -0.119. The van der Waals surface area contributed by atoms with E-state index < -0.39 is 6.10 Å². The Morgan fingerprint density at radius 2 is 1.93 bits per heavy atom. The van der Waals surface area contributed by atoms with Gasteiger partial charge in [0.1, 0.15) is 11.4 Å². The van der Waals surface area contributed by atoms with Crippen LogP contribution in [0.4, 0.5) is 0 Å². The monoisotopic (exact) mass is 617 g/mol. The summed E-state index contributed by atoms with van der Waals surface area (Å²) in [6.07, 6.45) is 5.99. The largest absolute Gasteiger partial charge is 0.489 e. The van der Waals surface area contributed by atoms with Gasteiger partial charge in [-0.25, -0.2) is 4.98 Å². The number of carbonyl (C=O) groups is 2. The number of primary amides is 1. The summed E-state index contributed by atoms with van der Waals surface area (Å²) in [5.74, 6) is -0.00765. The van der Waals surface area contributed by atoms with Gasteiger partial charge in [-0.2, -0.15) is 0 Å². The molecule has 4 N–H and O–H groups in total. The van der Waals surface area contributed by atoms with E-state index in [0.29, 0.717) is 35.7 Å². The van der Waals surface area contributed by atoms with Crippen LogP contribution in [-0.4, -0.2) is 62.5 Å². The number of likely N-dealkylation sites (tertiary alicyclic amines) is 1. The van der Waals surface area contributed by atoms with Crippen LogP contribution in [0, 0.1) is 0 Å². The van der Waals surface area contributed by atoms with Crippen molar-refractivity contribution in [2.24, 2.45) is 5.73 Å². The number of hydrogen-bond donors (Lipinski definition) is 3. The Morgan fingerprint density at radius 1 is 1.16 bits per heavy atom. The Morgan fingerprint density at radius 3 is 2.61 bits per heavy atom. The molecule has 2 amide bonds. The molecular weight excluding hydrogens is 578 g/mol. The number of nitrogens with two attached hydrogens (primary N) is 1. The molecule has 1 aliphatic rings. The zero-order chi connectivity index (χ0) is 31.4. The molecule has 232 valence electrons. The summed E-state index contributed by atoms with van der Waals surface area (Å²) >= 11 is 6.43. The van der Waals surface area contributed by atoms with Crippen molar-refractivity contribution in [3.63, 3.8) is 0 Å². The molecular formula is C34H40ClN5O4. The van der Waals surface area contributed by atoms with Crippen molar-refractivity contribution in [3.05, 3.63) is 88.7 Å². The van der Waals surface area contributed by atoms with Gasteiger partial charge in [0.2, 0.25) is 5.91 Å². The zero-order valence-corrected chi connectivity index (χ0v) is 26.1. The van der Waals surface area contributed by atoms with Crippen molar-refractivity contribution in [3.8, 4) is 17.0 Å². The van der Waals surface area contributed by atoms with E-state index in [2.05, 4.69) is 10.2 Å². The number of aliphatic hydroxyl groups excluding tert-OH is 1. The number of amides is 2. The molecule has 4 aromatic rings. The fourth-order valence-corrected chi connectivity index (χ4v) is 6.12. The first-order valence-electron chi connectivity index (χ1n) is 15.1. The Kier molecular flexibility index (Phi) is 9.88. The molecule has 1 saturated heterocycles. The highest BCUT2D eigenvalue weighted by molar-refractivity contribution is 6.32. The predicted octanol–water partition coefficient (Wildman–Crippen LogP) is 5.18. The number of rotatable bonds is 12. The molecule has 0 saturated carbocycles. The molecule has 0 radical (unpaired) electrons. The fraction of sp³-hybridized carbons (Fsp3) is 0.382. The number of aromatic nitrogens is 2. The van der Waals surface area contributed by atoms with Crippen molar-refractivity contribution in [1.29, 1.82) is 0 Å². The maximum Gasteiger partial charge on any atom is 0.251 e. The third-order valence-corrected chi connectivity index (χ3v) is 8.27. The van der Waals surface area contributed by atoms with E-state index >= 15 is 0 Å². The third-order valence-electron chi connectivity index (χ3n) is 7.98. The molecule has 3 heterocycles. The number of aliphatic hydroxyl groups is 1. The van der Waals surface area contributed by atoms with E-state index in [1.54, 1.807) is 25.1 Å². The molecule has 2 aromatic heterocycles. The number of halogens is 1. The molecule has 10 heteroatoms. The number of nitrogens with zero attached hydrogens (tertiary/aromatic N) is 3. The Labute approximate surface area is 263 Å². The van der Waals surface area contributed by atoms with Gasteiger partial charge in [-0.15, -0.1) is 0 Å². The number of ether oxygens (including phenoxy) is 1. The number of carbonyl (C=O) groups excluding carboxylic acids is 2. The first kappa shape index (κ1) is 31.5. The summed E-state index contributed by atoms with van der Waals surface area (Å²) in [6, 6.07) is 16.8. The standard InChI is InChI=1S/C34H40ClN5O4/c1-21(2)44-31-13-12-25(17-29(31)35)34(43)37-26(19-39-14-4-6-27(39)18-32(36)42)16-23-8-10-24(11-9-23)30-20-40-15-5-7-28(22(3)41)33(40)38-30/h5,7-13,15,17,20-22,26-27,41H,4,6,14,16,18-19H2,1-3H3,(H2,36,42)(H,37,43)/t22-,26-,27?/m0/s1. The van der Waals surface area contributed by atoms with E-state index in [9.17, 15) is 14.7 Å². The van der Waals surface area contributed by atoms with Crippen LogP contribution in [0.3, 0.4) is 0 Å². The Bertz CT molecular complexity index is 1620. The molecule has 44 heavy (non-hydrogen) atoms. The lowest BCUT2D eigenvalue weighted by Gasteiger charge is -2.29. The SMILES string of the molecule is CC(C)Oc1ccc(C(=O)N[C@@H](Cc2ccc(-c3cn4cccc([C@H](C)O)c4n3)cc2)CN2CCCC2CC(N)=O)cc1Cl. The minimum Gasteiger partial charge on any atom is -0.489 e. The van der Waals surface area contributed by atoms with Gasteiger partial charge in [0.05, 0.1) is 22.9 Å². The number of imidazole rings is 1. The van der Waals surface area contributed by atoms with Crippen molar-refractivity contribution in [2.75, 3.05) is 13.1 Å². The van der Waals surface area contributed by atoms with E-state index in [4.69, 9.17) is 27.1 Å². The predicted molar refractivity (Wildman–Crippen MR) is 172 cm³/mol. The molecule has 1 fully saturated rings. The minimum atomic E-state index is -0.621. The first-order valence-corrected chi connectivity index (χ1v) is 15.5. The van der Waals surface area contributed by atoms with Crippen molar-refractivity contribution < 1.29 is 19.4 Å². The Hall–Kier alpha value is -3.92. The van der Waals surface area contributed by atoms with Gasteiger partial charge in [-0.05, 0) is 76.4 Å². The van der Waals surface area contributed by atoms with Crippen LogP contribution in [0.2, 0.25) is 5.02 Å². The molecule has 2 aromatic carbocycles. The van der Waals surface area contributed by atoms with Crippen LogP contribution in [0.5, 0.6) is 5.75 Å². The van der Waals surface area contributed by atoms with Gasteiger partial charge in [0.15, 0.2) is 0 Å². The highest BCUT2D eigenvalue weighted by Crippen LogP contribution is 2.28.